The third kappa shape index (κ3) is 3.91. The molecule has 2 heteroatoms. The number of rotatable bonds is 6. The van der Waals surface area contributed by atoms with E-state index in [9.17, 15) is 0 Å². The Morgan fingerprint density at radius 2 is 1.29 bits per heavy atom. The monoisotopic (exact) mass is 295 g/mol. The second-order valence-corrected chi connectivity index (χ2v) is 10.4. The minimum atomic E-state index is -1.41. The highest BCUT2D eigenvalue weighted by molar-refractivity contribution is 6.78. The highest BCUT2D eigenvalue weighted by Gasteiger charge is 2.25. The van der Waals surface area contributed by atoms with Crippen LogP contribution in [-0.2, 0) is 0 Å². The van der Waals surface area contributed by atoms with Crippen LogP contribution in [0.2, 0.25) is 18.1 Å². The molecule has 0 saturated carbocycles. The molecule has 2 rings (SSSR count). The summed E-state index contributed by atoms with van der Waals surface area (Å²) in [6.07, 6.45) is 2.09. The summed E-state index contributed by atoms with van der Waals surface area (Å²) in [6, 6.07) is 22.9. The van der Waals surface area contributed by atoms with Crippen molar-refractivity contribution in [1.29, 1.82) is 0 Å². The van der Waals surface area contributed by atoms with Crippen molar-refractivity contribution in [3.8, 4) is 11.1 Å². The molecule has 2 aromatic carbocycles. The standard InChI is InChI=1S/C19H25NSi/c1-4-21(5-2,6-3)20-16-17-12-14-19(15-13-17)18-10-8-7-9-11-18/h7-16H,4-6H2,1-3H3/b20-16+. The van der Waals surface area contributed by atoms with Gasteiger partial charge in [-0.1, -0.05) is 75.4 Å². The van der Waals surface area contributed by atoms with E-state index in [0.717, 1.165) is 0 Å². The third-order valence-corrected chi connectivity index (χ3v) is 9.11. The molecule has 0 aliphatic carbocycles. The molecule has 21 heavy (non-hydrogen) atoms. The van der Waals surface area contributed by atoms with E-state index in [1.807, 2.05) is 0 Å². The lowest BCUT2D eigenvalue weighted by atomic mass is 10.0. The van der Waals surface area contributed by atoms with Gasteiger partial charge in [0.05, 0.1) is 0 Å². The van der Waals surface area contributed by atoms with Gasteiger partial charge in [-0.3, -0.25) is 0 Å². The lowest BCUT2D eigenvalue weighted by Crippen LogP contribution is -2.29. The molecule has 0 aromatic heterocycles. The van der Waals surface area contributed by atoms with Crippen molar-refractivity contribution in [2.45, 2.75) is 38.9 Å². The number of hydrogen-bond acceptors (Lipinski definition) is 1. The van der Waals surface area contributed by atoms with Gasteiger partial charge in [-0.25, -0.2) is 0 Å². The molecule has 0 fully saturated rings. The molecule has 0 heterocycles. The van der Waals surface area contributed by atoms with Crippen LogP contribution < -0.4 is 0 Å². The van der Waals surface area contributed by atoms with E-state index in [1.165, 1.54) is 34.8 Å². The Bertz CT molecular complexity index is 560. The van der Waals surface area contributed by atoms with E-state index in [-0.39, 0.29) is 0 Å². The van der Waals surface area contributed by atoms with Gasteiger partial charge in [0.25, 0.3) is 0 Å². The largest absolute Gasteiger partial charge is 0.328 e. The lowest BCUT2D eigenvalue weighted by molar-refractivity contribution is 1.15. The topological polar surface area (TPSA) is 12.4 Å². The van der Waals surface area contributed by atoms with Crippen LogP contribution in [0, 0.1) is 0 Å². The van der Waals surface area contributed by atoms with Gasteiger partial charge in [0.15, 0.2) is 8.24 Å². The van der Waals surface area contributed by atoms with Crippen molar-refractivity contribution in [3.05, 3.63) is 60.2 Å². The van der Waals surface area contributed by atoms with Crippen LogP contribution >= 0.6 is 0 Å². The van der Waals surface area contributed by atoms with E-state index in [2.05, 4.69) is 81.6 Å². The van der Waals surface area contributed by atoms with Crippen LogP contribution in [0.5, 0.6) is 0 Å². The molecule has 2 aromatic rings. The summed E-state index contributed by atoms with van der Waals surface area (Å²) >= 11 is 0. The molecule has 0 saturated heterocycles. The van der Waals surface area contributed by atoms with E-state index in [1.54, 1.807) is 0 Å². The zero-order chi connectivity index (χ0) is 15.1. The van der Waals surface area contributed by atoms with Crippen molar-refractivity contribution in [2.24, 2.45) is 4.66 Å². The van der Waals surface area contributed by atoms with Gasteiger partial charge in [-0.05, 0) is 34.8 Å². The fourth-order valence-corrected chi connectivity index (χ4v) is 5.10. The van der Waals surface area contributed by atoms with E-state index >= 15 is 0 Å². The maximum Gasteiger partial charge on any atom is 0.180 e. The fraction of sp³-hybridized carbons (Fsp3) is 0.316. The maximum atomic E-state index is 5.00. The van der Waals surface area contributed by atoms with Gasteiger partial charge < -0.3 is 4.66 Å². The normalized spacial score (nSPS) is 12.0. The zero-order valence-corrected chi connectivity index (χ0v) is 14.3. The van der Waals surface area contributed by atoms with Crippen molar-refractivity contribution >= 4 is 14.5 Å². The van der Waals surface area contributed by atoms with Crippen molar-refractivity contribution in [2.75, 3.05) is 0 Å². The molecular formula is C19H25NSi. The Balaban J connectivity index is 2.16. The summed E-state index contributed by atoms with van der Waals surface area (Å²) in [5.41, 5.74) is 3.74. The van der Waals surface area contributed by atoms with Gasteiger partial charge in [0.1, 0.15) is 0 Å². The first kappa shape index (κ1) is 15.7. The Morgan fingerprint density at radius 1 is 0.762 bits per heavy atom. The zero-order valence-electron chi connectivity index (χ0n) is 13.3. The average Bonchev–Trinajstić information content (AvgIpc) is 2.58. The van der Waals surface area contributed by atoms with Gasteiger partial charge in [0, 0.05) is 6.21 Å². The molecule has 0 atom stereocenters. The predicted molar refractivity (Wildman–Crippen MR) is 96.7 cm³/mol. The minimum Gasteiger partial charge on any atom is -0.328 e. The third-order valence-electron chi connectivity index (χ3n) is 4.48. The molecule has 0 aliphatic heterocycles. The molecule has 0 radical (unpaired) electrons. The van der Waals surface area contributed by atoms with Crippen molar-refractivity contribution in [1.82, 2.24) is 0 Å². The molecule has 1 nitrogen and oxygen atoms in total. The second-order valence-electron chi connectivity index (χ2n) is 5.53. The van der Waals surface area contributed by atoms with Crippen molar-refractivity contribution < 1.29 is 0 Å². The van der Waals surface area contributed by atoms with Crippen LogP contribution in [0.15, 0.2) is 59.3 Å². The average molecular weight is 296 g/mol. The van der Waals surface area contributed by atoms with Crippen LogP contribution in [0.1, 0.15) is 26.3 Å². The Labute approximate surface area is 129 Å². The highest BCUT2D eigenvalue weighted by atomic mass is 28.3. The quantitative estimate of drug-likeness (QED) is 0.473. The highest BCUT2D eigenvalue weighted by Crippen LogP contribution is 2.22. The molecule has 0 amide bonds. The molecule has 0 spiro atoms. The minimum absolute atomic E-state index is 1.21. The van der Waals surface area contributed by atoms with Gasteiger partial charge in [0.2, 0.25) is 0 Å². The number of nitrogens with zero attached hydrogens (tertiary/aromatic N) is 1. The molecule has 0 N–H and O–H groups in total. The maximum absolute atomic E-state index is 5.00. The fourth-order valence-electron chi connectivity index (χ4n) is 2.63. The Morgan fingerprint density at radius 3 is 1.81 bits per heavy atom. The summed E-state index contributed by atoms with van der Waals surface area (Å²) in [5.74, 6) is 0. The lowest BCUT2D eigenvalue weighted by Gasteiger charge is -2.21. The first-order valence-electron chi connectivity index (χ1n) is 7.93. The van der Waals surface area contributed by atoms with Crippen molar-refractivity contribution in [3.63, 3.8) is 0 Å². The van der Waals surface area contributed by atoms with Crippen LogP contribution in [0.25, 0.3) is 11.1 Å². The Hall–Kier alpha value is -1.67. The molecule has 0 bridgehead atoms. The first-order chi connectivity index (χ1) is 10.2. The van der Waals surface area contributed by atoms with Gasteiger partial charge in [-0.15, -0.1) is 0 Å². The summed E-state index contributed by atoms with van der Waals surface area (Å²) in [7, 11) is -1.41. The van der Waals surface area contributed by atoms with Crippen LogP contribution in [0.4, 0.5) is 0 Å². The Kier molecular flexibility index (Phi) is 5.51. The van der Waals surface area contributed by atoms with Gasteiger partial charge >= 0.3 is 0 Å². The SMILES string of the molecule is CC[Si](CC)(CC)/N=C/c1ccc(-c2ccccc2)cc1. The number of benzene rings is 2. The first-order valence-corrected chi connectivity index (χ1v) is 10.5. The van der Waals surface area contributed by atoms with Gasteiger partial charge in [-0.2, -0.15) is 0 Å². The predicted octanol–water partition coefficient (Wildman–Crippen LogP) is 5.78. The van der Waals surface area contributed by atoms with Crippen LogP contribution in [0.3, 0.4) is 0 Å². The summed E-state index contributed by atoms with van der Waals surface area (Å²) < 4.78 is 5.00. The smallest absolute Gasteiger partial charge is 0.180 e. The van der Waals surface area contributed by atoms with Crippen LogP contribution in [-0.4, -0.2) is 14.5 Å². The molecular weight excluding hydrogens is 270 g/mol. The van der Waals surface area contributed by atoms with E-state index < -0.39 is 8.24 Å². The summed E-state index contributed by atoms with van der Waals surface area (Å²) in [4.78, 5) is 0. The molecule has 0 unspecified atom stereocenters. The van der Waals surface area contributed by atoms with E-state index in [0.29, 0.717) is 0 Å². The summed E-state index contributed by atoms with van der Waals surface area (Å²) in [6.45, 7) is 6.86. The number of hydrogen-bond donors (Lipinski definition) is 0. The summed E-state index contributed by atoms with van der Waals surface area (Å²) in [5, 5.41) is 0. The molecule has 110 valence electrons. The molecule has 0 aliphatic rings. The van der Waals surface area contributed by atoms with E-state index in [4.69, 9.17) is 4.66 Å². The second kappa shape index (κ2) is 7.37.